The van der Waals surface area contributed by atoms with Crippen LogP contribution in [-0.4, -0.2) is 44.0 Å². The van der Waals surface area contributed by atoms with Crippen molar-refractivity contribution < 1.29 is 18.0 Å². The summed E-state index contributed by atoms with van der Waals surface area (Å²) >= 11 is 0. The molecule has 1 fully saturated rings. The Bertz CT molecular complexity index is 812. The maximum Gasteiger partial charge on any atom is 0.418 e. The van der Waals surface area contributed by atoms with Gasteiger partial charge in [-0.2, -0.15) is 13.2 Å². The molecular weight excluding hydrogens is 343 g/mol. The van der Waals surface area contributed by atoms with E-state index in [9.17, 15) is 18.0 Å². The largest absolute Gasteiger partial charge is 0.418 e. The molecule has 4 nitrogen and oxygen atoms in total. The number of hydrogen-bond acceptors (Lipinski definition) is 3. The van der Waals surface area contributed by atoms with Crippen molar-refractivity contribution in [3.05, 3.63) is 53.6 Å². The number of rotatable bonds is 3. The first kappa shape index (κ1) is 18.3. The first-order chi connectivity index (χ1) is 12.3. The molecule has 0 aromatic heterocycles. The number of amides is 1. The molecule has 3 rings (SSSR count). The monoisotopic (exact) mass is 363 g/mol. The Kier molecular flexibility index (Phi) is 4.91. The van der Waals surface area contributed by atoms with Crippen molar-refractivity contribution >= 4 is 11.6 Å². The van der Waals surface area contributed by atoms with Crippen LogP contribution >= 0.6 is 0 Å². The summed E-state index contributed by atoms with van der Waals surface area (Å²) in [7, 11) is 1.95. The van der Waals surface area contributed by atoms with Gasteiger partial charge in [0.05, 0.1) is 5.56 Å². The van der Waals surface area contributed by atoms with Gasteiger partial charge in [0.25, 0.3) is 0 Å². The van der Waals surface area contributed by atoms with E-state index in [0.717, 1.165) is 6.07 Å². The van der Waals surface area contributed by atoms with E-state index in [-0.39, 0.29) is 11.3 Å². The van der Waals surface area contributed by atoms with E-state index in [4.69, 9.17) is 5.73 Å². The summed E-state index contributed by atoms with van der Waals surface area (Å²) in [4.78, 5) is 15.5. The maximum absolute atomic E-state index is 13.7. The molecule has 1 aliphatic heterocycles. The number of primary amides is 1. The molecule has 0 aliphatic carbocycles. The number of carbonyl (C=O) groups excluding carboxylic acids is 1. The van der Waals surface area contributed by atoms with E-state index >= 15 is 0 Å². The zero-order chi connectivity index (χ0) is 18.9. The Balaban J connectivity index is 2.07. The molecule has 0 unspecified atom stereocenters. The fourth-order valence-electron chi connectivity index (χ4n) is 3.20. The number of nitrogens with zero attached hydrogens (tertiary/aromatic N) is 2. The van der Waals surface area contributed by atoms with Crippen LogP contribution in [0.2, 0.25) is 0 Å². The molecule has 0 saturated carbocycles. The summed E-state index contributed by atoms with van der Waals surface area (Å²) in [6.07, 6.45) is -4.49. The van der Waals surface area contributed by atoms with Crippen LogP contribution in [0.15, 0.2) is 42.5 Å². The topological polar surface area (TPSA) is 49.6 Å². The Morgan fingerprint density at radius 1 is 1.04 bits per heavy atom. The molecule has 1 heterocycles. The molecule has 2 aromatic rings. The lowest BCUT2D eigenvalue weighted by Gasteiger charge is -2.35. The number of hydrogen-bond donors (Lipinski definition) is 1. The number of alkyl halides is 3. The number of piperazine rings is 1. The minimum atomic E-state index is -4.49. The molecule has 2 N–H and O–H groups in total. The van der Waals surface area contributed by atoms with E-state index in [2.05, 4.69) is 4.90 Å². The average molecular weight is 363 g/mol. The van der Waals surface area contributed by atoms with Gasteiger partial charge in [0, 0.05) is 37.4 Å². The van der Waals surface area contributed by atoms with Crippen molar-refractivity contribution in [3.63, 3.8) is 0 Å². The van der Waals surface area contributed by atoms with Gasteiger partial charge in [0.15, 0.2) is 0 Å². The molecule has 0 radical (unpaired) electrons. The third-order valence-electron chi connectivity index (χ3n) is 4.65. The fourth-order valence-corrected chi connectivity index (χ4v) is 3.20. The Morgan fingerprint density at radius 2 is 1.69 bits per heavy atom. The highest BCUT2D eigenvalue weighted by Crippen LogP contribution is 2.40. The predicted octanol–water partition coefficient (Wildman–Crippen LogP) is 3.22. The molecule has 26 heavy (non-hydrogen) atoms. The fraction of sp³-hybridized carbons (Fsp3) is 0.316. The lowest BCUT2D eigenvalue weighted by atomic mass is 9.96. The van der Waals surface area contributed by atoms with Crippen LogP contribution in [0.1, 0.15) is 15.9 Å². The van der Waals surface area contributed by atoms with Crippen LogP contribution in [0, 0.1) is 0 Å². The molecule has 1 amide bonds. The third-order valence-corrected chi connectivity index (χ3v) is 4.65. The van der Waals surface area contributed by atoms with Gasteiger partial charge in [-0.1, -0.05) is 24.3 Å². The first-order valence-electron chi connectivity index (χ1n) is 8.31. The normalized spacial score (nSPS) is 15.9. The van der Waals surface area contributed by atoms with Crippen molar-refractivity contribution in [2.45, 2.75) is 6.18 Å². The van der Waals surface area contributed by atoms with Gasteiger partial charge in [0.1, 0.15) is 0 Å². The number of anilines is 1. The maximum atomic E-state index is 13.7. The first-order valence-corrected chi connectivity index (χ1v) is 8.31. The average Bonchev–Trinajstić information content (AvgIpc) is 2.61. The molecule has 0 bridgehead atoms. The lowest BCUT2D eigenvalue weighted by Crippen LogP contribution is -2.45. The number of nitrogens with two attached hydrogens (primary N) is 1. The third kappa shape index (κ3) is 3.67. The summed E-state index contributed by atoms with van der Waals surface area (Å²) in [5.41, 5.74) is 5.76. The van der Waals surface area contributed by atoms with Crippen LogP contribution in [0.25, 0.3) is 11.1 Å². The Labute approximate surface area is 150 Å². The van der Waals surface area contributed by atoms with Crippen molar-refractivity contribution in [1.82, 2.24) is 4.90 Å². The van der Waals surface area contributed by atoms with Gasteiger partial charge in [0.2, 0.25) is 5.91 Å². The molecular formula is C19H20F3N3O. The minimum Gasteiger partial charge on any atom is -0.368 e. The summed E-state index contributed by atoms with van der Waals surface area (Å²) in [6, 6.07) is 10.6. The standard InChI is InChI=1S/C19H20F3N3O/c1-24-8-10-25(11-9-24)17-7-6-13(12-16(17)19(20,21)22)14-4-2-3-5-15(14)18(23)26/h2-7,12H,8-11H2,1H3,(H2,23,26). The van der Waals surface area contributed by atoms with E-state index < -0.39 is 17.6 Å². The summed E-state index contributed by atoms with van der Waals surface area (Å²) in [5.74, 6) is -0.669. The molecule has 7 heteroatoms. The summed E-state index contributed by atoms with van der Waals surface area (Å²) in [6.45, 7) is 2.50. The molecule has 1 aliphatic rings. The highest BCUT2D eigenvalue weighted by atomic mass is 19.4. The zero-order valence-corrected chi connectivity index (χ0v) is 14.4. The molecule has 1 saturated heterocycles. The van der Waals surface area contributed by atoms with E-state index in [1.54, 1.807) is 29.2 Å². The van der Waals surface area contributed by atoms with Gasteiger partial charge in [-0.15, -0.1) is 0 Å². The zero-order valence-electron chi connectivity index (χ0n) is 14.4. The quantitative estimate of drug-likeness (QED) is 0.911. The number of benzene rings is 2. The van der Waals surface area contributed by atoms with Crippen molar-refractivity contribution in [2.24, 2.45) is 5.73 Å². The highest BCUT2D eigenvalue weighted by Gasteiger charge is 2.36. The van der Waals surface area contributed by atoms with Crippen LogP contribution in [-0.2, 0) is 6.18 Å². The van der Waals surface area contributed by atoms with E-state index in [0.29, 0.717) is 37.3 Å². The molecule has 138 valence electrons. The van der Waals surface area contributed by atoms with Gasteiger partial charge in [-0.05, 0) is 36.4 Å². The number of carbonyl (C=O) groups is 1. The highest BCUT2D eigenvalue weighted by molar-refractivity contribution is 6.00. The predicted molar refractivity (Wildman–Crippen MR) is 95.1 cm³/mol. The van der Waals surface area contributed by atoms with Gasteiger partial charge < -0.3 is 15.5 Å². The lowest BCUT2D eigenvalue weighted by molar-refractivity contribution is -0.137. The van der Waals surface area contributed by atoms with Crippen LogP contribution in [0.3, 0.4) is 0 Å². The van der Waals surface area contributed by atoms with Crippen molar-refractivity contribution in [2.75, 3.05) is 38.1 Å². The number of likely N-dealkylation sites (N-methyl/N-ethyl adjacent to an activating group) is 1. The SMILES string of the molecule is CN1CCN(c2ccc(-c3ccccc3C(N)=O)cc2C(F)(F)F)CC1. The smallest absolute Gasteiger partial charge is 0.368 e. The second kappa shape index (κ2) is 6.99. The second-order valence-electron chi connectivity index (χ2n) is 6.43. The molecule has 2 aromatic carbocycles. The number of halogens is 3. The van der Waals surface area contributed by atoms with Crippen LogP contribution in [0.4, 0.5) is 18.9 Å². The van der Waals surface area contributed by atoms with Crippen molar-refractivity contribution in [1.29, 1.82) is 0 Å². The molecule has 0 atom stereocenters. The Morgan fingerprint density at radius 3 is 2.31 bits per heavy atom. The van der Waals surface area contributed by atoms with E-state index in [1.165, 1.54) is 12.1 Å². The van der Waals surface area contributed by atoms with Gasteiger partial charge in [-0.25, -0.2) is 0 Å². The van der Waals surface area contributed by atoms with Gasteiger partial charge in [-0.3, -0.25) is 4.79 Å². The Hall–Kier alpha value is -2.54. The van der Waals surface area contributed by atoms with Crippen LogP contribution < -0.4 is 10.6 Å². The minimum absolute atomic E-state index is 0.172. The van der Waals surface area contributed by atoms with Crippen LogP contribution in [0.5, 0.6) is 0 Å². The van der Waals surface area contributed by atoms with Crippen molar-refractivity contribution in [3.8, 4) is 11.1 Å². The van der Waals surface area contributed by atoms with E-state index in [1.807, 2.05) is 7.05 Å². The summed E-state index contributed by atoms with van der Waals surface area (Å²) in [5, 5.41) is 0. The second-order valence-corrected chi connectivity index (χ2v) is 6.43. The summed E-state index contributed by atoms with van der Waals surface area (Å²) < 4.78 is 41.1. The molecule has 0 spiro atoms. The van der Waals surface area contributed by atoms with Gasteiger partial charge >= 0.3 is 6.18 Å².